The molecule has 0 aliphatic carbocycles. The van der Waals surface area contributed by atoms with Gasteiger partial charge in [0.2, 0.25) is 5.89 Å². The Balaban J connectivity index is 1.98. The first kappa shape index (κ1) is 22.6. The Morgan fingerprint density at radius 1 is 1.09 bits per heavy atom. The van der Waals surface area contributed by atoms with Crippen LogP contribution in [0.25, 0.3) is 28.3 Å². The summed E-state index contributed by atoms with van der Waals surface area (Å²) < 4.78 is 35.4. The Morgan fingerprint density at radius 3 is 2.42 bits per heavy atom. The van der Waals surface area contributed by atoms with Crippen molar-refractivity contribution >= 4 is 0 Å². The fourth-order valence-corrected chi connectivity index (χ4v) is 3.66. The average Bonchev–Trinajstić information content (AvgIpc) is 3.21. The molecule has 0 amide bonds. The molecule has 170 valence electrons. The van der Waals surface area contributed by atoms with Gasteiger partial charge in [0, 0.05) is 29.5 Å². The molecule has 4 aromatic rings. The second-order valence-electron chi connectivity index (χ2n) is 8.12. The van der Waals surface area contributed by atoms with Crippen LogP contribution in [0.4, 0.5) is 8.78 Å². The molecule has 4 rings (SSSR count). The van der Waals surface area contributed by atoms with Gasteiger partial charge in [-0.05, 0) is 50.1 Å². The number of aromatic nitrogens is 2. The Labute approximate surface area is 188 Å². The van der Waals surface area contributed by atoms with Crippen LogP contribution < -0.4 is 5.56 Å². The van der Waals surface area contributed by atoms with Crippen LogP contribution in [0, 0.1) is 25.5 Å². The van der Waals surface area contributed by atoms with Crippen molar-refractivity contribution in [2.45, 2.75) is 26.4 Å². The van der Waals surface area contributed by atoms with E-state index in [-0.39, 0.29) is 28.5 Å². The zero-order chi connectivity index (χ0) is 23.9. The standard InChI is InChI=1S/C25H22F2N2O4/c1-14-5-4-6-15(2)22(14)29-12-16(7-10-20(29)31)23-21(18-9-8-17(26)11-19(18)27)28-24(33-23)25(3,32)13-30/h4-12,30,32H,13H2,1-3H3. The number of rotatable bonds is 5. The zero-order valence-corrected chi connectivity index (χ0v) is 18.3. The summed E-state index contributed by atoms with van der Waals surface area (Å²) >= 11 is 0. The molecule has 2 aromatic heterocycles. The predicted octanol–water partition coefficient (Wildman–Crippen LogP) is 4.25. The summed E-state index contributed by atoms with van der Waals surface area (Å²) in [5.41, 5.74) is 0.644. The second-order valence-corrected chi connectivity index (χ2v) is 8.12. The van der Waals surface area contributed by atoms with E-state index in [2.05, 4.69) is 4.98 Å². The quantitative estimate of drug-likeness (QED) is 0.473. The summed E-state index contributed by atoms with van der Waals surface area (Å²) in [6, 6.07) is 11.5. The van der Waals surface area contributed by atoms with Crippen LogP contribution in [0.5, 0.6) is 0 Å². The summed E-state index contributed by atoms with van der Waals surface area (Å²) in [5, 5.41) is 20.0. The van der Waals surface area contributed by atoms with E-state index in [0.717, 1.165) is 23.3 Å². The lowest BCUT2D eigenvalue weighted by atomic mass is 10.1. The molecule has 2 N–H and O–H groups in total. The molecule has 33 heavy (non-hydrogen) atoms. The minimum Gasteiger partial charge on any atom is -0.437 e. The number of halogens is 2. The lowest BCUT2D eigenvalue weighted by molar-refractivity contribution is -0.0234. The van der Waals surface area contributed by atoms with E-state index < -0.39 is 23.8 Å². The van der Waals surface area contributed by atoms with Crippen LogP contribution in [-0.4, -0.2) is 26.4 Å². The first-order valence-electron chi connectivity index (χ1n) is 10.2. The molecular formula is C25H22F2N2O4. The van der Waals surface area contributed by atoms with Crippen molar-refractivity contribution < 1.29 is 23.4 Å². The van der Waals surface area contributed by atoms with E-state index in [1.54, 1.807) is 6.20 Å². The third-order valence-electron chi connectivity index (χ3n) is 5.44. The minimum atomic E-state index is -1.84. The van der Waals surface area contributed by atoms with Gasteiger partial charge in [0.05, 0.1) is 12.3 Å². The molecule has 2 aromatic carbocycles. The van der Waals surface area contributed by atoms with E-state index in [4.69, 9.17) is 4.42 Å². The van der Waals surface area contributed by atoms with E-state index >= 15 is 0 Å². The van der Waals surface area contributed by atoms with Gasteiger partial charge < -0.3 is 14.6 Å². The Hall–Kier alpha value is -3.62. The Morgan fingerprint density at radius 2 is 1.79 bits per heavy atom. The lowest BCUT2D eigenvalue weighted by Crippen LogP contribution is -2.26. The van der Waals surface area contributed by atoms with Crippen LogP contribution in [0.2, 0.25) is 0 Å². The highest BCUT2D eigenvalue weighted by Crippen LogP contribution is 2.37. The maximum Gasteiger partial charge on any atom is 0.255 e. The number of aliphatic hydroxyl groups is 2. The van der Waals surface area contributed by atoms with E-state index in [1.807, 2.05) is 32.0 Å². The molecule has 2 heterocycles. The smallest absolute Gasteiger partial charge is 0.255 e. The monoisotopic (exact) mass is 452 g/mol. The van der Waals surface area contributed by atoms with Crippen molar-refractivity contribution in [3.05, 3.63) is 93.7 Å². The maximum atomic E-state index is 14.6. The van der Waals surface area contributed by atoms with Gasteiger partial charge >= 0.3 is 0 Å². The van der Waals surface area contributed by atoms with Crippen molar-refractivity contribution in [3.8, 4) is 28.3 Å². The van der Waals surface area contributed by atoms with Crippen LogP contribution in [-0.2, 0) is 5.60 Å². The van der Waals surface area contributed by atoms with Gasteiger partial charge in [-0.3, -0.25) is 9.36 Å². The molecular weight excluding hydrogens is 430 g/mol. The van der Waals surface area contributed by atoms with Gasteiger partial charge in [-0.15, -0.1) is 0 Å². The summed E-state index contributed by atoms with van der Waals surface area (Å²) in [7, 11) is 0. The molecule has 0 spiro atoms. The number of hydrogen-bond donors (Lipinski definition) is 2. The van der Waals surface area contributed by atoms with Crippen molar-refractivity contribution in [2.75, 3.05) is 6.61 Å². The average molecular weight is 452 g/mol. The van der Waals surface area contributed by atoms with Crippen LogP contribution in [0.3, 0.4) is 0 Å². The first-order chi connectivity index (χ1) is 15.6. The van der Waals surface area contributed by atoms with Crippen LogP contribution in [0.1, 0.15) is 23.9 Å². The maximum absolute atomic E-state index is 14.6. The van der Waals surface area contributed by atoms with Crippen LogP contribution in [0.15, 0.2) is 63.9 Å². The summed E-state index contributed by atoms with van der Waals surface area (Å²) in [6.45, 7) is 4.36. The zero-order valence-electron chi connectivity index (χ0n) is 18.3. The number of pyridine rings is 1. The van der Waals surface area contributed by atoms with Gasteiger partial charge in [-0.1, -0.05) is 18.2 Å². The molecule has 0 saturated carbocycles. The second kappa shape index (κ2) is 8.38. The highest BCUT2D eigenvalue weighted by Gasteiger charge is 2.32. The number of aryl methyl sites for hydroxylation is 2. The number of benzene rings is 2. The molecule has 0 aliphatic heterocycles. The topological polar surface area (TPSA) is 88.5 Å². The van der Waals surface area contributed by atoms with Gasteiger partial charge in [0.1, 0.15) is 17.3 Å². The summed E-state index contributed by atoms with van der Waals surface area (Å²) in [6.07, 6.45) is 1.54. The number of para-hydroxylation sites is 1. The van der Waals surface area contributed by atoms with Crippen LogP contribution >= 0.6 is 0 Å². The fraction of sp³-hybridized carbons (Fsp3) is 0.200. The van der Waals surface area contributed by atoms with Crippen molar-refractivity contribution in [2.24, 2.45) is 0 Å². The molecule has 0 saturated heterocycles. The molecule has 6 nitrogen and oxygen atoms in total. The van der Waals surface area contributed by atoms with Crippen molar-refractivity contribution in [1.82, 2.24) is 9.55 Å². The third kappa shape index (κ3) is 4.10. The lowest BCUT2D eigenvalue weighted by Gasteiger charge is -2.15. The minimum absolute atomic E-state index is 0.00271. The largest absolute Gasteiger partial charge is 0.437 e. The molecule has 8 heteroatoms. The van der Waals surface area contributed by atoms with Gasteiger partial charge in [0.15, 0.2) is 11.4 Å². The van der Waals surface area contributed by atoms with Gasteiger partial charge in [-0.2, -0.15) is 0 Å². The van der Waals surface area contributed by atoms with Gasteiger partial charge in [0.25, 0.3) is 5.56 Å². The summed E-state index contributed by atoms with van der Waals surface area (Å²) in [4.78, 5) is 16.9. The predicted molar refractivity (Wildman–Crippen MR) is 119 cm³/mol. The molecule has 0 radical (unpaired) electrons. The first-order valence-corrected chi connectivity index (χ1v) is 10.2. The van der Waals surface area contributed by atoms with E-state index in [0.29, 0.717) is 11.3 Å². The molecule has 0 bridgehead atoms. The Kier molecular flexibility index (Phi) is 5.73. The molecule has 0 aliphatic rings. The number of aliphatic hydroxyl groups excluding tert-OH is 1. The molecule has 1 atom stereocenters. The van der Waals surface area contributed by atoms with Gasteiger partial charge in [-0.25, -0.2) is 13.8 Å². The van der Waals surface area contributed by atoms with Crippen molar-refractivity contribution in [1.29, 1.82) is 0 Å². The SMILES string of the molecule is Cc1cccc(C)c1-n1cc(-c2oc(C(C)(O)CO)nc2-c2ccc(F)cc2F)ccc1=O. The number of nitrogens with zero attached hydrogens (tertiary/aromatic N) is 2. The number of hydrogen-bond acceptors (Lipinski definition) is 5. The molecule has 0 fully saturated rings. The highest BCUT2D eigenvalue weighted by molar-refractivity contribution is 5.77. The summed E-state index contributed by atoms with van der Waals surface area (Å²) in [5.74, 6) is -1.82. The number of oxazole rings is 1. The van der Waals surface area contributed by atoms with Crippen molar-refractivity contribution in [3.63, 3.8) is 0 Å². The Bertz CT molecular complexity index is 1390. The fourth-order valence-electron chi connectivity index (χ4n) is 3.66. The highest BCUT2D eigenvalue weighted by atomic mass is 19.1. The third-order valence-corrected chi connectivity index (χ3v) is 5.44. The van der Waals surface area contributed by atoms with E-state index in [9.17, 15) is 23.8 Å². The normalized spacial score (nSPS) is 13.2. The molecule has 1 unspecified atom stereocenters. The van der Waals surface area contributed by atoms with E-state index in [1.165, 1.54) is 29.7 Å².